The summed E-state index contributed by atoms with van der Waals surface area (Å²) >= 11 is 3.35. The van der Waals surface area contributed by atoms with Crippen molar-refractivity contribution in [2.24, 2.45) is 0 Å². The van der Waals surface area contributed by atoms with Crippen molar-refractivity contribution in [1.29, 1.82) is 0 Å². The molecule has 0 saturated carbocycles. The van der Waals surface area contributed by atoms with Gasteiger partial charge in [-0.05, 0) is 53.2 Å². The van der Waals surface area contributed by atoms with Crippen LogP contribution in [0.25, 0.3) is 10.9 Å². The van der Waals surface area contributed by atoms with Crippen LogP contribution in [0.5, 0.6) is 0 Å². The topological polar surface area (TPSA) is 51.1 Å². The highest BCUT2D eigenvalue weighted by Gasteiger charge is 2.16. The van der Waals surface area contributed by atoms with Crippen LogP contribution in [-0.2, 0) is 6.54 Å². The molecule has 3 aromatic rings. The van der Waals surface area contributed by atoms with Crippen LogP contribution in [0.2, 0.25) is 0 Å². The molecule has 0 atom stereocenters. The normalized spacial score (nSPS) is 10.8. The second-order valence-corrected chi connectivity index (χ2v) is 6.11. The molecule has 4 nitrogen and oxygen atoms in total. The van der Waals surface area contributed by atoms with Gasteiger partial charge in [0.1, 0.15) is 11.4 Å². The summed E-state index contributed by atoms with van der Waals surface area (Å²) in [6.45, 7) is 2.44. The summed E-state index contributed by atoms with van der Waals surface area (Å²) in [6, 6.07) is 11.1. The van der Waals surface area contributed by atoms with Crippen molar-refractivity contribution in [3.63, 3.8) is 0 Å². The van der Waals surface area contributed by atoms with Crippen molar-refractivity contribution in [3.05, 3.63) is 74.7 Å². The van der Waals surface area contributed by atoms with E-state index in [1.807, 2.05) is 13.0 Å². The van der Waals surface area contributed by atoms with Gasteiger partial charge in [0.05, 0.1) is 11.2 Å². The van der Waals surface area contributed by atoms with Gasteiger partial charge in [0.2, 0.25) is 5.43 Å². The number of hydrogen-bond donors (Lipinski definition) is 1. The predicted octanol–water partition coefficient (Wildman–Crippen LogP) is 4.18. The van der Waals surface area contributed by atoms with E-state index in [2.05, 4.69) is 21.2 Å². The first-order valence-electron chi connectivity index (χ1n) is 7.40. The lowest BCUT2D eigenvalue weighted by Gasteiger charge is -2.12. The van der Waals surface area contributed by atoms with E-state index in [0.717, 1.165) is 0 Å². The molecule has 1 heterocycles. The van der Waals surface area contributed by atoms with Gasteiger partial charge in [-0.15, -0.1) is 0 Å². The Morgan fingerprint density at radius 2 is 2.00 bits per heavy atom. The van der Waals surface area contributed by atoms with Crippen LogP contribution in [0.1, 0.15) is 17.3 Å². The summed E-state index contributed by atoms with van der Waals surface area (Å²) in [4.78, 5) is 25.2. The molecule has 122 valence electrons. The van der Waals surface area contributed by atoms with Crippen molar-refractivity contribution in [3.8, 4) is 0 Å². The Hall–Kier alpha value is -2.47. The van der Waals surface area contributed by atoms with Gasteiger partial charge in [-0.25, -0.2) is 4.39 Å². The minimum Gasteiger partial charge on any atom is -0.347 e. The Morgan fingerprint density at radius 3 is 2.71 bits per heavy atom. The first-order valence-corrected chi connectivity index (χ1v) is 8.19. The van der Waals surface area contributed by atoms with Gasteiger partial charge in [-0.2, -0.15) is 0 Å². The summed E-state index contributed by atoms with van der Waals surface area (Å²) in [5.41, 5.74) is 0.648. The van der Waals surface area contributed by atoms with Crippen LogP contribution in [-0.4, -0.2) is 10.5 Å². The van der Waals surface area contributed by atoms with E-state index in [9.17, 15) is 14.0 Å². The maximum Gasteiger partial charge on any atom is 0.261 e. The number of rotatable bonds is 3. The van der Waals surface area contributed by atoms with E-state index in [1.54, 1.807) is 28.8 Å². The Labute approximate surface area is 146 Å². The Bertz CT molecular complexity index is 998. The monoisotopic (exact) mass is 388 g/mol. The number of aryl methyl sites for hydroxylation is 1. The highest BCUT2D eigenvalue weighted by atomic mass is 79.9. The molecule has 1 aromatic heterocycles. The lowest BCUT2D eigenvalue weighted by atomic mass is 10.1. The van der Waals surface area contributed by atoms with E-state index in [0.29, 0.717) is 22.2 Å². The third-order valence-corrected chi connectivity index (χ3v) is 4.44. The molecule has 1 amide bonds. The molecule has 0 bridgehead atoms. The summed E-state index contributed by atoms with van der Waals surface area (Å²) in [6.07, 6.45) is 1.51. The molecule has 6 heteroatoms. The first-order chi connectivity index (χ1) is 11.5. The van der Waals surface area contributed by atoms with Gasteiger partial charge in [0.15, 0.2) is 0 Å². The fraction of sp³-hybridized carbons (Fsp3) is 0.111. The molecular formula is C18H14BrFN2O2. The van der Waals surface area contributed by atoms with Gasteiger partial charge in [0, 0.05) is 22.6 Å². The molecule has 0 saturated heterocycles. The molecule has 0 aliphatic rings. The van der Waals surface area contributed by atoms with E-state index in [4.69, 9.17) is 0 Å². The molecule has 2 aromatic carbocycles. The first kappa shape index (κ1) is 16.4. The predicted molar refractivity (Wildman–Crippen MR) is 95.9 cm³/mol. The number of anilines is 1. The minimum atomic E-state index is -0.528. The van der Waals surface area contributed by atoms with Gasteiger partial charge in [-0.1, -0.05) is 12.1 Å². The number of para-hydroxylation sites is 1. The van der Waals surface area contributed by atoms with E-state index >= 15 is 0 Å². The lowest BCUT2D eigenvalue weighted by molar-refractivity contribution is 0.102. The number of nitrogens with one attached hydrogen (secondary N) is 1. The second kappa shape index (κ2) is 6.57. The largest absolute Gasteiger partial charge is 0.347 e. The summed E-state index contributed by atoms with van der Waals surface area (Å²) in [5.74, 6) is -1.04. The van der Waals surface area contributed by atoms with Gasteiger partial charge in [-0.3, -0.25) is 9.59 Å². The molecule has 3 rings (SSSR count). The number of carbonyl (C=O) groups excluding carboxylic acids is 1. The van der Waals surface area contributed by atoms with E-state index in [-0.39, 0.29) is 10.9 Å². The van der Waals surface area contributed by atoms with Crippen molar-refractivity contribution in [2.45, 2.75) is 13.5 Å². The molecular weight excluding hydrogens is 375 g/mol. The molecule has 0 fully saturated rings. The summed E-state index contributed by atoms with van der Waals surface area (Å²) < 4.78 is 16.0. The minimum absolute atomic E-state index is 0.0225. The number of amides is 1. The number of nitrogens with zero attached hydrogens (tertiary/aromatic N) is 1. The maximum absolute atomic E-state index is 13.5. The SMILES string of the molecule is CCn1cc(C(=O)Nc2ccccc2Br)c(=O)c2cc(F)ccc21. The Kier molecular flexibility index (Phi) is 4.49. The number of fused-ring (bicyclic) bond motifs is 1. The Morgan fingerprint density at radius 1 is 1.25 bits per heavy atom. The number of halogens is 2. The van der Waals surface area contributed by atoms with Crippen LogP contribution in [0.3, 0.4) is 0 Å². The van der Waals surface area contributed by atoms with Crippen LogP contribution in [0, 0.1) is 5.82 Å². The zero-order valence-electron chi connectivity index (χ0n) is 12.8. The van der Waals surface area contributed by atoms with Crippen molar-refractivity contribution in [2.75, 3.05) is 5.32 Å². The fourth-order valence-corrected chi connectivity index (χ4v) is 2.93. The van der Waals surface area contributed by atoms with Crippen molar-refractivity contribution in [1.82, 2.24) is 4.57 Å². The molecule has 1 N–H and O–H groups in total. The average Bonchev–Trinajstić information content (AvgIpc) is 2.57. The number of aromatic nitrogens is 1. The molecule has 0 aliphatic heterocycles. The molecule has 0 aliphatic carbocycles. The van der Waals surface area contributed by atoms with Gasteiger partial charge in [0.25, 0.3) is 5.91 Å². The number of pyridine rings is 1. The van der Waals surface area contributed by atoms with Gasteiger partial charge < -0.3 is 9.88 Å². The van der Waals surface area contributed by atoms with Crippen molar-refractivity contribution >= 4 is 38.4 Å². The quantitative estimate of drug-likeness (QED) is 0.731. The van der Waals surface area contributed by atoms with Crippen LogP contribution in [0.4, 0.5) is 10.1 Å². The smallest absolute Gasteiger partial charge is 0.261 e. The fourth-order valence-electron chi connectivity index (χ4n) is 2.55. The van der Waals surface area contributed by atoms with Crippen LogP contribution in [0.15, 0.2) is 57.9 Å². The highest BCUT2D eigenvalue weighted by molar-refractivity contribution is 9.10. The van der Waals surface area contributed by atoms with E-state index in [1.165, 1.54) is 18.3 Å². The van der Waals surface area contributed by atoms with Crippen LogP contribution >= 0.6 is 15.9 Å². The average molecular weight is 389 g/mol. The third kappa shape index (κ3) is 2.97. The molecule has 0 unspecified atom stereocenters. The summed E-state index contributed by atoms with van der Waals surface area (Å²) in [7, 11) is 0. The third-order valence-electron chi connectivity index (χ3n) is 3.75. The Balaban J connectivity index is 2.12. The second-order valence-electron chi connectivity index (χ2n) is 5.25. The maximum atomic E-state index is 13.5. The highest BCUT2D eigenvalue weighted by Crippen LogP contribution is 2.22. The van der Waals surface area contributed by atoms with Crippen molar-refractivity contribution < 1.29 is 9.18 Å². The molecule has 24 heavy (non-hydrogen) atoms. The zero-order valence-corrected chi connectivity index (χ0v) is 14.4. The van der Waals surface area contributed by atoms with E-state index < -0.39 is 17.2 Å². The van der Waals surface area contributed by atoms with Gasteiger partial charge >= 0.3 is 0 Å². The summed E-state index contributed by atoms with van der Waals surface area (Å²) in [5, 5.41) is 2.90. The molecule has 0 spiro atoms. The molecule has 0 radical (unpaired) electrons. The number of carbonyl (C=O) groups is 1. The number of hydrogen-bond acceptors (Lipinski definition) is 2. The number of benzene rings is 2. The lowest BCUT2D eigenvalue weighted by Crippen LogP contribution is -2.24. The standard InChI is InChI=1S/C18H14BrFN2O2/c1-2-22-10-13(17(23)12-9-11(20)7-8-16(12)22)18(24)21-15-6-4-3-5-14(15)19/h3-10H,2H2,1H3,(H,21,24). The zero-order chi connectivity index (χ0) is 17.3. The van der Waals surface area contributed by atoms with Crippen LogP contribution < -0.4 is 10.7 Å².